The van der Waals surface area contributed by atoms with Crippen LogP contribution in [-0.2, 0) is 0 Å². The van der Waals surface area contributed by atoms with Crippen LogP contribution in [-0.4, -0.2) is 32.7 Å². The largest absolute Gasteiger partial charge is 0.378 e. The molecule has 0 saturated heterocycles. The Hall–Kier alpha value is -1.84. The Kier molecular flexibility index (Phi) is 4.95. The van der Waals surface area contributed by atoms with Gasteiger partial charge in [0.15, 0.2) is 0 Å². The quantitative estimate of drug-likeness (QED) is 0.621. The van der Waals surface area contributed by atoms with Crippen LogP contribution in [0.3, 0.4) is 0 Å². The lowest BCUT2D eigenvalue weighted by atomic mass is 10.2. The van der Waals surface area contributed by atoms with Gasteiger partial charge < -0.3 is 4.90 Å². The zero-order valence-electron chi connectivity index (χ0n) is 11.8. The number of hydrogen-bond donors (Lipinski definition) is 2. The molecule has 2 rings (SSSR count). The maximum atomic E-state index is 4.29. The van der Waals surface area contributed by atoms with Crippen molar-refractivity contribution in [3.8, 4) is 0 Å². The summed E-state index contributed by atoms with van der Waals surface area (Å²) < 4.78 is 0. The summed E-state index contributed by atoms with van der Waals surface area (Å²) in [4.78, 5) is 5.46. The molecule has 4 heteroatoms. The molecule has 0 aliphatic carbocycles. The van der Waals surface area contributed by atoms with Gasteiger partial charge in [0.05, 0.1) is 19.2 Å². The van der Waals surface area contributed by atoms with Crippen molar-refractivity contribution in [3.05, 3.63) is 29.8 Å². The summed E-state index contributed by atoms with van der Waals surface area (Å²) >= 11 is 0. The molecule has 0 spiro atoms. The number of rotatable bonds is 3. The summed E-state index contributed by atoms with van der Waals surface area (Å²) in [5.74, 6) is 1.14. The van der Waals surface area contributed by atoms with E-state index in [2.05, 4.69) is 44.7 Å². The van der Waals surface area contributed by atoms with Gasteiger partial charge in [-0.2, -0.15) is 5.43 Å². The number of hydrogen-bond acceptors (Lipinski definition) is 3. The number of nitrogens with one attached hydrogen (secondary N) is 2. The zero-order valence-corrected chi connectivity index (χ0v) is 11.8. The van der Waals surface area contributed by atoms with Gasteiger partial charge in [-0.25, -0.2) is 0 Å². The molecule has 1 aliphatic heterocycles. The highest BCUT2D eigenvalue weighted by molar-refractivity contribution is 5.83. The SMILES string of the molecule is CN(C)c1ccc(/C=N\NC2=[NH+]CCCCC2)cc1. The molecular formula is C15H23N4+. The lowest BCUT2D eigenvalue weighted by Crippen LogP contribution is -2.75. The second kappa shape index (κ2) is 6.92. The van der Waals surface area contributed by atoms with Crippen molar-refractivity contribution in [2.24, 2.45) is 5.10 Å². The highest BCUT2D eigenvalue weighted by Gasteiger charge is 2.08. The molecule has 1 aromatic carbocycles. The van der Waals surface area contributed by atoms with Gasteiger partial charge >= 0.3 is 0 Å². The molecule has 102 valence electrons. The van der Waals surface area contributed by atoms with Crippen LogP contribution >= 0.6 is 0 Å². The predicted octanol–water partition coefficient (Wildman–Crippen LogP) is 0.729. The van der Waals surface area contributed by atoms with Crippen molar-refractivity contribution < 1.29 is 4.99 Å². The molecular weight excluding hydrogens is 236 g/mol. The Balaban J connectivity index is 1.89. The molecule has 4 nitrogen and oxygen atoms in total. The smallest absolute Gasteiger partial charge is 0.267 e. The molecule has 0 bridgehead atoms. The van der Waals surface area contributed by atoms with Crippen molar-refractivity contribution in [2.75, 3.05) is 25.5 Å². The molecule has 1 heterocycles. The monoisotopic (exact) mass is 259 g/mol. The molecule has 2 N–H and O–H groups in total. The summed E-state index contributed by atoms with van der Waals surface area (Å²) in [6.07, 6.45) is 6.72. The van der Waals surface area contributed by atoms with Crippen LogP contribution in [0, 0.1) is 0 Å². The van der Waals surface area contributed by atoms with Crippen molar-refractivity contribution in [2.45, 2.75) is 25.7 Å². The summed E-state index contributed by atoms with van der Waals surface area (Å²) in [5, 5.41) is 4.29. The number of hydrazone groups is 1. The minimum absolute atomic E-state index is 1.05. The van der Waals surface area contributed by atoms with Crippen molar-refractivity contribution in [1.82, 2.24) is 5.43 Å². The molecule has 19 heavy (non-hydrogen) atoms. The minimum Gasteiger partial charge on any atom is -0.378 e. The maximum absolute atomic E-state index is 4.29. The average Bonchev–Trinajstić information content (AvgIpc) is 2.68. The van der Waals surface area contributed by atoms with Crippen molar-refractivity contribution in [3.63, 3.8) is 0 Å². The fourth-order valence-corrected chi connectivity index (χ4v) is 2.07. The van der Waals surface area contributed by atoms with Gasteiger partial charge in [0.2, 0.25) is 0 Å². The van der Waals surface area contributed by atoms with Gasteiger partial charge in [0.25, 0.3) is 5.84 Å². The number of amidine groups is 1. The number of nitrogens with zero attached hydrogens (tertiary/aromatic N) is 2. The van der Waals surface area contributed by atoms with Gasteiger partial charge in [0.1, 0.15) is 0 Å². The molecule has 1 aliphatic rings. The third kappa shape index (κ3) is 4.39. The Morgan fingerprint density at radius 2 is 1.95 bits per heavy atom. The van der Waals surface area contributed by atoms with E-state index < -0.39 is 0 Å². The van der Waals surface area contributed by atoms with Crippen LogP contribution in [0.2, 0.25) is 0 Å². The van der Waals surface area contributed by atoms with E-state index in [1.165, 1.54) is 24.9 Å². The summed E-state index contributed by atoms with van der Waals surface area (Å²) in [7, 11) is 4.08. The first kappa shape index (κ1) is 13.6. The molecule has 0 fully saturated rings. The van der Waals surface area contributed by atoms with E-state index in [0.717, 1.165) is 24.4 Å². The fourth-order valence-electron chi connectivity index (χ4n) is 2.07. The highest BCUT2D eigenvalue weighted by Crippen LogP contribution is 2.10. The summed E-state index contributed by atoms with van der Waals surface area (Å²) in [6, 6.07) is 8.34. The molecule has 1 aromatic rings. The second-order valence-corrected chi connectivity index (χ2v) is 5.07. The van der Waals surface area contributed by atoms with E-state index in [9.17, 15) is 0 Å². The van der Waals surface area contributed by atoms with Crippen LogP contribution in [0.1, 0.15) is 31.2 Å². The van der Waals surface area contributed by atoms with E-state index in [0.29, 0.717) is 0 Å². The maximum Gasteiger partial charge on any atom is 0.267 e. The predicted molar refractivity (Wildman–Crippen MR) is 80.8 cm³/mol. The van der Waals surface area contributed by atoms with Gasteiger partial charge in [0, 0.05) is 19.8 Å². The second-order valence-electron chi connectivity index (χ2n) is 5.07. The molecule has 0 aromatic heterocycles. The van der Waals surface area contributed by atoms with E-state index in [1.54, 1.807) is 0 Å². The van der Waals surface area contributed by atoms with E-state index in [4.69, 9.17) is 0 Å². The van der Waals surface area contributed by atoms with Crippen LogP contribution in [0.25, 0.3) is 0 Å². The molecule has 0 unspecified atom stereocenters. The Morgan fingerprint density at radius 1 is 1.16 bits per heavy atom. The first-order chi connectivity index (χ1) is 9.25. The normalized spacial score (nSPS) is 16.0. The van der Waals surface area contributed by atoms with E-state index >= 15 is 0 Å². The van der Waals surface area contributed by atoms with Crippen molar-refractivity contribution in [1.29, 1.82) is 0 Å². The van der Waals surface area contributed by atoms with Crippen LogP contribution in [0.4, 0.5) is 5.69 Å². The Morgan fingerprint density at radius 3 is 2.68 bits per heavy atom. The highest BCUT2D eigenvalue weighted by atomic mass is 15.3. The van der Waals surface area contributed by atoms with E-state index in [-0.39, 0.29) is 0 Å². The fraction of sp³-hybridized carbons (Fsp3) is 0.467. The Labute approximate surface area is 115 Å². The van der Waals surface area contributed by atoms with Gasteiger partial charge in [-0.1, -0.05) is 17.2 Å². The number of anilines is 1. The minimum atomic E-state index is 1.05. The van der Waals surface area contributed by atoms with Gasteiger partial charge in [-0.3, -0.25) is 4.99 Å². The molecule has 0 atom stereocenters. The standard InChI is InChI=1S/C15H22N4/c1-19(2)14-9-7-13(8-10-14)12-17-18-15-6-4-3-5-11-16-15/h7-10,12H,3-6,11H2,1-2H3,(H,16,18)/p+1/b17-12-. The van der Waals surface area contributed by atoms with Crippen LogP contribution in [0.5, 0.6) is 0 Å². The topological polar surface area (TPSA) is 41.6 Å². The van der Waals surface area contributed by atoms with Crippen LogP contribution in [0.15, 0.2) is 29.4 Å². The third-order valence-corrected chi connectivity index (χ3v) is 3.26. The lowest BCUT2D eigenvalue weighted by molar-refractivity contribution is -0.459. The summed E-state index contributed by atoms with van der Waals surface area (Å²) in [5.41, 5.74) is 5.42. The average molecular weight is 259 g/mol. The van der Waals surface area contributed by atoms with Gasteiger partial charge in [-0.05, 0) is 37.0 Å². The van der Waals surface area contributed by atoms with Crippen LogP contribution < -0.4 is 15.3 Å². The molecule has 0 saturated carbocycles. The molecule has 0 radical (unpaired) electrons. The number of benzene rings is 1. The Bertz CT molecular complexity index is 446. The van der Waals surface area contributed by atoms with Gasteiger partial charge in [-0.15, -0.1) is 0 Å². The third-order valence-electron chi connectivity index (χ3n) is 3.26. The molecule has 0 amide bonds. The lowest BCUT2D eigenvalue weighted by Gasteiger charge is -2.11. The summed E-state index contributed by atoms with van der Waals surface area (Å²) in [6.45, 7) is 1.05. The van der Waals surface area contributed by atoms with E-state index in [1.807, 2.05) is 20.3 Å². The zero-order chi connectivity index (χ0) is 13.5. The first-order valence-electron chi connectivity index (χ1n) is 6.92. The van der Waals surface area contributed by atoms with Crippen molar-refractivity contribution >= 4 is 17.7 Å². The first-order valence-corrected chi connectivity index (χ1v) is 6.92.